The summed E-state index contributed by atoms with van der Waals surface area (Å²) in [4.78, 5) is 26.4. The Bertz CT molecular complexity index is 1080. The Balaban J connectivity index is 1.56. The van der Waals surface area contributed by atoms with Crippen molar-refractivity contribution in [3.05, 3.63) is 47.5 Å². The van der Waals surface area contributed by atoms with Gasteiger partial charge >= 0.3 is 5.97 Å². The molecule has 5 aliphatic rings. The normalized spacial score (nSPS) is 47.5. The molecule has 0 spiro atoms. The third-order valence-electron chi connectivity index (χ3n) is 9.91. The summed E-state index contributed by atoms with van der Waals surface area (Å²) in [7, 11) is 1.42. The van der Waals surface area contributed by atoms with E-state index in [1.54, 1.807) is 18.6 Å². The van der Waals surface area contributed by atoms with E-state index >= 15 is 0 Å². The van der Waals surface area contributed by atoms with Crippen LogP contribution < -0.4 is 0 Å². The highest BCUT2D eigenvalue weighted by molar-refractivity contribution is 5.97. The van der Waals surface area contributed by atoms with Crippen LogP contribution in [-0.4, -0.2) is 43.8 Å². The van der Waals surface area contributed by atoms with Gasteiger partial charge in [0.05, 0.1) is 51.0 Å². The highest BCUT2D eigenvalue weighted by Crippen LogP contribution is 2.71. The van der Waals surface area contributed by atoms with E-state index in [9.17, 15) is 9.59 Å². The summed E-state index contributed by atoms with van der Waals surface area (Å²) in [5.41, 5.74) is 2.14. The Morgan fingerprint density at radius 3 is 2.73 bits per heavy atom. The maximum Gasteiger partial charge on any atom is 0.305 e. The van der Waals surface area contributed by atoms with E-state index in [4.69, 9.17) is 18.6 Å². The molecule has 0 bridgehead atoms. The number of methoxy groups -OCH3 is 1. The van der Waals surface area contributed by atoms with E-state index in [2.05, 4.69) is 27.7 Å². The molecule has 0 radical (unpaired) electrons. The molecule has 0 N–H and O–H groups in total. The number of rotatable bonds is 3. The van der Waals surface area contributed by atoms with E-state index in [-0.39, 0.29) is 59.7 Å². The second-order valence-corrected chi connectivity index (χ2v) is 11.3. The van der Waals surface area contributed by atoms with Crippen molar-refractivity contribution in [2.24, 2.45) is 28.1 Å². The van der Waals surface area contributed by atoms with Crippen molar-refractivity contribution in [3.63, 3.8) is 0 Å². The molecule has 6 heteroatoms. The fourth-order valence-corrected chi connectivity index (χ4v) is 8.54. The van der Waals surface area contributed by atoms with Gasteiger partial charge in [-0.25, -0.2) is 0 Å². The molecule has 6 rings (SSSR count). The Morgan fingerprint density at radius 1 is 1.24 bits per heavy atom. The van der Waals surface area contributed by atoms with Crippen LogP contribution in [0.15, 0.2) is 46.3 Å². The number of carbonyl (C=O) groups excluding carboxylic acids is 2. The van der Waals surface area contributed by atoms with Gasteiger partial charge < -0.3 is 18.6 Å². The average Bonchev–Trinajstić information content (AvgIpc) is 3.54. The molecule has 3 heterocycles. The fourth-order valence-electron chi connectivity index (χ4n) is 8.54. The van der Waals surface area contributed by atoms with E-state index in [0.29, 0.717) is 6.61 Å². The van der Waals surface area contributed by atoms with Gasteiger partial charge in [0.1, 0.15) is 0 Å². The van der Waals surface area contributed by atoms with Crippen LogP contribution in [0.1, 0.15) is 52.0 Å². The summed E-state index contributed by atoms with van der Waals surface area (Å²) in [6, 6.07) is 2.01. The summed E-state index contributed by atoms with van der Waals surface area (Å²) < 4.78 is 23.8. The van der Waals surface area contributed by atoms with Gasteiger partial charge in [-0.3, -0.25) is 9.59 Å². The molecule has 9 atom stereocenters. The van der Waals surface area contributed by atoms with Crippen molar-refractivity contribution in [2.45, 2.75) is 64.8 Å². The molecular weight excluding hydrogens is 420 g/mol. The minimum atomic E-state index is -0.747. The van der Waals surface area contributed by atoms with E-state index in [0.717, 1.165) is 12.0 Å². The topological polar surface area (TPSA) is 75.0 Å². The minimum absolute atomic E-state index is 0.0420. The second-order valence-electron chi connectivity index (χ2n) is 11.3. The Kier molecular flexibility index (Phi) is 4.33. The SMILES string of the molecule is COC(=O)C[C@@H]1[C@@]2(C)C(=O)C=C[C@@]3(C)CO[C@@H]([C@H]23)[C@@H]2O[C@H]3C[C@@H](c4ccoc4)C(C)=C3[C@]12C. The van der Waals surface area contributed by atoms with Crippen molar-refractivity contribution in [2.75, 3.05) is 13.7 Å². The quantitative estimate of drug-likeness (QED) is 0.505. The molecule has 3 fully saturated rings. The first-order valence-corrected chi connectivity index (χ1v) is 12.0. The first-order chi connectivity index (χ1) is 15.7. The number of hydrogen-bond donors (Lipinski definition) is 0. The van der Waals surface area contributed by atoms with Gasteiger partial charge in [0.2, 0.25) is 0 Å². The molecule has 2 aliphatic heterocycles. The molecule has 1 aromatic rings. The lowest BCUT2D eigenvalue weighted by Crippen LogP contribution is -2.66. The maximum atomic E-state index is 13.7. The van der Waals surface area contributed by atoms with E-state index in [1.165, 1.54) is 18.3 Å². The van der Waals surface area contributed by atoms with Crippen molar-refractivity contribution >= 4 is 11.8 Å². The Morgan fingerprint density at radius 2 is 2.03 bits per heavy atom. The molecule has 1 aromatic heterocycles. The van der Waals surface area contributed by atoms with Crippen molar-refractivity contribution < 1.29 is 28.2 Å². The number of hydrogen-bond acceptors (Lipinski definition) is 6. The minimum Gasteiger partial charge on any atom is -0.472 e. The van der Waals surface area contributed by atoms with Gasteiger partial charge in [0.15, 0.2) is 5.78 Å². The molecule has 0 aromatic carbocycles. The van der Waals surface area contributed by atoms with Crippen LogP contribution in [0.25, 0.3) is 0 Å². The lowest BCUT2D eigenvalue weighted by molar-refractivity contribution is -0.188. The highest BCUT2D eigenvalue weighted by Gasteiger charge is 2.75. The zero-order chi connectivity index (χ0) is 23.3. The van der Waals surface area contributed by atoms with Gasteiger partial charge in [-0.1, -0.05) is 32.4 Å². The molecule has 176 valence electrons. The smallest absolute Gasteiger partial charge is 0.305 e. The van der Waals surface area contributed by atoms with E-state index < -0.39 is 10.8 Å². The molecule has 0 amide bonds. The van der Waals surface area contributed by atoms with Crippen molar-refractivity contribution in [3.8, 4) is 0 Å². The van der Waals surface area contributed by atoms with Crippen LogP contribution in [0.5, 0.6) is 0 Å². The summed E-state index contributed by atoms with van der Waals surface area (Å²) in [5, 5.41) is 0. The number of carbonyl (C=O) groups is 2. The van der Waals surface area contributed by atoms with Crippen molar-refractivity contribution in [1.82, 2.24) is 0 Å². The summed E-state index contributed by atoms with van der Waals surface area (Å²) in [6.45, 7) is 9.17. The second kappa shape index (κ2) is 6.70. The van der Waals surface area contributed by atoms with Gasteiger partial charge in [-0.15, -0.1) is 0 Å². The molecule has 1 saturated carbocycles. The number of allylic oxidation sites excluding steroid dienone is 2. The van der Waals surface area contributed by atoms with Crippen LogP contribution in [0.4, 0.5) is 0 Å². The Labute approximate surface area is 194 Å². The van der Waals surface area contributed by atoms with Gasteiger partial charge in [-0.2, -0.15) is 0 Å². The number of esters is 1. The van der Waals surface area contributed by atoms with Crippen LogP contribution in [0.3, 0.4) is 0 Å². The average molecular weight is 453 g/mol. The molecule has 33 heavy (non-hydrogen) atoms. The van der Waals surface area contributed by atoms with Crippen LogP contribution in [-0.2, 0) is 23.8 Å². The zero-order valence-electron chi connectivity index (χ0n) is 19.9. The summed E-state index contributed by atoms with van der Waals surface area (Å²) in [5.74, 6) is -0.281. The molecule has 6 nitrogen and oxygen atoms in total. The third kappa shape index (κ3) is 2.46. The van der Waals surface area contributed by atoms with Gasteiger partial charge in [0, 0.05) is 28.1 Å². The summed E-state index contributed by atoms with van der Waals surface area (Å²) in [6.07, 6.45) is 7.85. The number of ether oxygens (including phenoxy) is 3. The standard InChI is InChI=1S/C27H32O6/c1-14-16(15-7-9-31-12-15)10-17-21(14)27(4)18(11-20(29)30-5)26(3)19(28)6-8-25(2)13-32-22(23(25)26)24(27)33-17/h6-9,12,16-18,22-24H,10-11,13H2,1-5H3/t16-,17+,18-,22+,23+,24+,25+,26+,27+/m1/s1. The monoisotopic (exact) mass is 452 g/mol. The maximum absolute atomic E-state index is 13.7. The van der Waals surface area contributed by atoms with Crippen LogP contribution >= 0.6 is 0 Å². The van der Waals surface area contributed by atoms with Gasteiger partial charge in [-0.05, 0) is 42.5 Å². The number of fused-ring (bicyclic) bond motifs is 4. The van der Waals surface area contributed by atoms with Crippen molar-refractivity contribution in [1.29, 1.82) is 0 Å². The van der Waals surface area contributed by atoms with Crippen LogP contribution in [0, 0.1) is 28.1 Å². The summed E-state index contributed by atoms with van der Waals surface area (Å²) >= 11 is 0. The van der Waals surface area contributed by atoms with Crippen LogP contribution in [0.2, 0.25) is 0 Å². The predicted octanol–water partition coefficient (Wildman–Crippen LogP) is 4.22. The van der Waals surface area contributed by atoms with E-state index in [1.807, 2.05) is 12.1 Å². The first kappa shape index (κ1) is 21.4. The number of ketones is 1. The lowest BCUT2D eigenvalue weighted by Gasteiger charge is -2.60. The number of furan rings is 1. The van der Waals surface area contributed by atoms with Gasteiger partial charge in [0.25, 0.3) is 0 Å². The largest absolute Gasteiger partial charge is 0.472 e. The first-order valence-electron chi connectivity index (χ1n) is 12.0. The highest BCUT2D eigenvalue weighted by atomic mass is 16.6. The zero-order valence-corrected chi connectivity index (χ0v) is 19.9. The molecule has 0 unspecified atom stereocenters. The Hall–Kier alpha value is -2.18. The predicted molar refractivity (Wildman–Crippen MR) is 119 cm³/mol. The molecule has 3 aliphatic carbocycles. The third-order valence-corrected chi connectivity index (χ3v) is 9.91. The molecular formula is C27H32O6. The lowest BCUT2D eigenvalue weighted by atomic mass is 9.42. The fraction of sp³-hybridized carbons (Fsp3) is 0.630. The molecule has 2 saturated heterocycles.